The van der Waals surface area contributed by atoms with Crippen molar-refractivity contribution >= 4 is 29.1 Å². The van der Waals surface area contributed by atoms with Crippen LogP contribution in [0.5, 0.6) is 0 Å². The number of benzene rings is 2. The minimum absolute atomic E-state index is 0.0815. The molecule has 0 spiro atoms. The third-order valence-electron chi connectivity index (χ3n) is 5.18. The minimum Gasteiger partial charge on any atom is -0.378 e. The van der Waals surface area contributed by atoms with E-state index in [9.17, 15) is 4.79 Å². The third-order valence-corrected chi connectivity index (χ3v) is 5.92. The van der Waals surface area contributed by atoms with Gasteiger partial charge in [-0.25, -0.2) is 4.68 Å². The second kappa shape index (κ2) is 8.19. The van der Waals surface area contributed by atoms with Crippen molar-refractivity contribution in [1.82, 2.24) is 14.7 Å². The van der Waals surface area contributed by atoms with E-state index in [1.165, 1.54) is 11.1 Å². The van der Waals surface area contributed by atoms with Crippen LogP contribution in [0.4, 0.5) is 0 Å². The number of morpholine rings is 1. The maximum absolute atomic E-state index is 13.3. The van der Waals surface area contributed by atoms with Crippen LogP contribution in [0, 0.1) is 13.8 Å². The summed E-state index contributed by atoms with van der Waals surface area (Å²) < 4.78 is 7.02. The molecule has 3 aromatic rings. The molecule has 0 unspecified atom stereocenters. The maximum atomic E-state index is 13.3. The fourth-order valence-electron chi connectivity index (χ4n) is 3.32. The van der Waals surface area contributed by atoms with Gasteiger partial charge in [0.15, 0.2) is 0 Å². The summed E-state index contributed by atoms with van der Waals surface area (Å²) in [6.45, 7) is 6.33. The summed E-state index contributed by atoms with van der Waals surface area (Å²) in [5.41, 5.74) is 5.25. The average Bonchev–Trinajstić information content (AvgIpc) is 3.17. The van der Waals surface area contributed by atoms with Crippen molar-refractivity contribution in [2.45, 2.75) is 13.8 Å². The second-order valence-electron chi connectivity index (χ2n) is 7.13. The number of hydrogen-bond donors (Lipinski definition) is 0. The van der Waals surface area contributed by atoms with E-state index in [2.05, 4.69) is 26.0 Å². The molecule has 0 atom stereocenters. The highest BCUT2D eigenvalue weighted by Crippen LogP contribution is 2.28. The van der Waals surface area contributed by atoms with Gasteiger partial charge in [-0.15, -0.1) is 0 Å². The highest BCUT2D eigenvalue weighted by molar-refractivity contribution is 6.42. The Kier molecular flexibility index (Phi) is 5.63. The van der Waals surface area contributed by atoms with Crippen LogP contribution >= 0.6 is 23.2 Å². The Morgan fingerprint density at radius 3 is 2.41 bits per heavy atom. The van der Waals surface area contributed by atoms with Crippen LogP contribution in [0.2, 0.25) is 10.0 Å². The topological polar surface area (TPSA) is 47.4 Å². The fourth-order valence-corrected chi connectivity index (χ4v) is 3.61. The second-order valence-corrected chi connectivity index (χ2v) is 7.94. The molecule has 1 aromatic heterocycles. The summed E-state index contributed by atoms with van der Waals surface area (Å²) >= 11 is 12.3. The molecule has 1 saturated heterocycles. The molecule has 0 bridgehead atoms. The number of carbonyl (C=O) groups excluding carboxylic acids is 1. The van der Waals surface area contributed by atoms with Gasteiger partial charge in [-0.3, -0.25) is 4.79 Å². The van der Waals surface area contributed by atoms with Gasteiger partial charge < -0.3 is 9.64 Å². The van der Waals surface area contributed by atoms with Crippen LogP contribution in [0.15, 0.2) is 42.5 Å². The van der Waals surface area contributed by atoms with Gasteiger partial charge in [0.1, 0.15) is 5.69 Å². The SMILES string of the molecule is Cc1ccc(-c2cc(C(=O)N3CCOCC3)n(-c3ccc(Cl)c(Cl)c3)n2)cc1C. The molecular formula is C22H21Cl2N3O2. The quantitative estimate of drug-likeness (QED) is 0.592. The van der Waals surface area contributed by atoms with E-state index in [0.29, 0.717) is 47.7 Å². The summed E-state index contributed by atoms with van der Waals surface area (Å²) in [7, 11) is 0. The highest BCUT2D eigenvalue weighted by atomic mass is 35.5. The normalized spacial score (nSPS) is 14.3. The number of ether oxygens (including phenoxy) is 1. The van der Waals surface area contributed by atoms with Crippen LogP contribution in [0.1, 0.15) is 21.6 Å². The van der Waals surface area contributed by atoms with E-state index in [0.717, 1.165) is 11.3 Å². The molecule has 0 N–H and O–H groups in total. The highest BCUT2D eigenvalue weighted by Gasteiger charge is 2.24. The lowest BCUT2D eigenvalue weighted by Crippen LogP contribution is -2.41. The summed E-state index contributed by atoms with van der Waals surface area (Å²) in [4.78, 5) is 15.1. The third kappa shape index (κ3) is 4.04. The molecule has 7 heteroatoms. The van der Waals surface area contributed by atoms with E-state index in [-0.39, 0.29) is 5.91 Å². The van der Waals surface area contributed by atoms with Gasteiger partial charge in [0, 0.05) is 18.7 Å². The molecule has 1 amide bonds. The average molecular weight is 430 g/mol. The fraction of sp³-hybridized carbons (Fsp3) is 0.273. The Labute approximate surface area is 179 Å². The zero-order chi connectivity index (χ0) is 20.5. The Morgan fingerprint density at radius 1 is 0.966 bits per heavy atom. The van der Waals surface area contributed by atoms with Crippen molar-refractivity contribution < 1.29 is 9.53 Å². The van der Waals surface area contributed by atoms with Crippen molar-refractivity contribution in [2.24, 2.45) is 0 Å². The number of aryl methyl sites for hydroxylation is 2. The summed E-state index contributed by atoms with van der Waals surface area (Å²) in [6, 6.07) is 13.2. The molecule has 0 radical (unpaired) electrons. The summed E-state index contributed by atoms with van der Waals surface area (Å²) in [5.74, 6) is -0.0815. The number of halogens is 2. The van der Waals surface area contributed by atoms with Gasteiger partial charge in [-0.05, 0) is 55.3 Å². The molecule has 2 aromatic carbocycles. The lowest BCUT2D eigenvalue weighted by molar-refractivity contribution is 0.0297. The number of carbonyl (C=O) groups is 1. The van der Waals surface area contributed by atoms with Gasteiger partial charge in [0.05, 0.1) is 34.6 Å². The Balaban J connectivity index is 1.82. The lowest BCUT2D eigenvalue weighted by atomic mass is 10.0. The lowest BCUT2D eigenvalue weighted by Gasteiger charge is -2.26. The maximum Gasteiger partial charge on any atom is 0.272 e. The van der Waals surface area contributed by atoms with Gasteiger partial charge in [0.2, 0.25) is 0 Å². The first-order chi connectivity index (χ1) is 13.9. The molecule has 150 valence electrons. The van der Waals surface area contributed by atoms with Crippen molar-refractivity contribution in [1.29, 1.82) is 0 Å². The zero-order valence-electron chi connectivity index (χ0n) is 16.3. The molecule has 1 aliphatic rings. The number of aromatic nitrogens is 2. The van der Waals surface area contributed by atoms with E-state index in [1.54, 1.807) is 21.7 Å². The van der Waals surface area contributed by atoms with Crippen LogP contribution in [-0.2, 0) is 4.74 Å². The smallest absolute Gasteiger partial charge is 0.272 e. The van der Waals surface area contributed by atoms with Gasteiger partial charge in [0.25, 0.3) is 5.91 Å². The van der Waals surface area contributed by atoms with Gasteiger partial charge >= 0.3 is 0 Å². The molecule has 0 saturated carbocycles. The summed E-state index contributed by atoms with van der Waals surface area (Å²) in [6.07, 6.45) is 0. The van der Waals surface area contributed by atoms with E-state index in [1.807, 2.05) is 18.2 Å². The summed E-state index contributed by atoms with van der Waals surface area (Å²) in [5, 5.41) is 5.61. The Hall–Kier alpha value is -2.34. The van der Waals surface area contributed by atoms with Crippen LogP contribution in [-0.4, -0.2) is 46.9 Å². The van der Waals surface area contributed by atoms with Crippen molar-refractivity contribution in [3.8, 4) is 16.9 Å². The Bertz CT molecular complexity index is 1070. The molecule has 4 rings (SSSR count). The molecule has 29 heavy (non-hydrogen) atoms. The predicted octanol–water partition coefficient (Wildman–Crippen LogP) is 4.94. The predicted molar refractivity (Wildman–Crippen MR) is 115 cm³/mol. The van der Waals surface area contributed by atoms with E-state index in [4.69, 9.17) is 33.0 Å². The van der Waals surface area contributed by atoms with Crippen molar-refractivity contribution in [3.05, 3.63) is 69.3 Å². The first kappa shape index (κ1) is 20.0. The molecule has 0 aliphatic carbocycles. The largest absolute Gasteiger partial charge is 0.378 e. The number of amides is 1. The molecule has 5 nitrogen and oxygen atoms in total. The monoisotopic (exact) mass is 429 g/mol. The van der Waals surface area contributed by atoms with Gasteiger partial charge in [-0.1, -0.05) is 35.3 Å². The van der Waals surface area contributed by atoms with Crippen LogP contribution in [0.25, 0.3) is 16.9 Å². The van der Waals surface area contributed by atoms with Crippen molar-refractivity contribution in [3.63, 3.8) is 0 Å². The first-order valence-corrected chi connectivity index (χ1v) is 10.2. The molecule has 1 fully saturated rings. The van der Waals surface area contributed by atoms with Gasteiger partial charge in [-0.2, -0.15) is 5.10 Å². The van der Waals surface area contributed by atoms with Crippen LogP contribution < -0.4 is 0 Å². The number of rotatable bonds is 3. The molecular weight excluding hydrogens is 409 g/mol. The molecule has 2 heterocycles. The number of hydrogen-bond acceptors (Lipinski definition) is 3. The number of nitrogens with zero attached hydrogens (tertiary/aromatic N) is 3. The van der Waals surface area contributed by atoms with Crippen LogP contribution in [0.3, 0.4) is 0 Å². The minimum atomic E-state index is -0.0815. The van der Waals surface area contributed by atoms with E-state index >= 15 is 0 Å². The zero-order valence-corrected chi connectivity index (χ0v) is 17.8. The Morgan fingerprint density at radius 2 is 1.72 bits per heavy atom. The van der Waals surface area contributed by atoms with E-state index < -0.39 is 0 Å². The molecule has 1 aliphatic heterocycles. The van der Waals surface area contributed by atoms with Crippen molar-refractivity contribution in [2.75, 3.05) is 26.3 Å². The standard InChI is InChI=1S/C22H21Cl2N3O2/c1-14-3-4-16(11-15(14)2)20-13-21(22(28)26-7-9-29-10-8-26)27(25-20)17-5-6-18(23)19(24)12-17/h3-6,11-13H,7-10H2,1-2H3. The first-order valence-electron chi connectivity index (χ1n) is 9.44.